The van der Waals surface area contributed by atoms with Crippen LogP contribution in [0.25, 0.3) is 10.9 Å². The fourth-order valence-corrected chi connectivity index (χ4v) is 5.69. The van der Waals surface area contributed by atoms with Crippen molar-refractivity contribution in [3.8, 4) is 0 Å². The minimum Gasteiger partial charge on any atom is -0.369 e. The van der Waals surface area contributed by atoms with E-state index >= 15 is 0 Å². The van der Waals surface area contributed by atoms with E-state index in [1.54, 1.807) is 6.20 Å². The Morgan fingerprint density at radius 1 is 0.658 bits per heavy atom. The van der Waals surface area contributed by atoms with Crippen molar-refractivity contribution in [2.45, 2.75) is 154 Å². The molecule has 0 spiro atoms. The van der Waals surface area contributed by atoms with E-state index in [1.807, 2.05) is 24.3 Å². The van der Waals surface area contributed by atoms with Gasteiger partial charge in [0, 0.05) is 23.5 Å². The summed E-state index contributed by atoms with van der Waals surface area (Å²) in [6.45, 7) is 2.29. The normalized spacial score (nSPS) is 12.2. The van der Waals surface area contributed by atoms with Crippen LogP contribution in [0.15, 0.2) is 30.5 Å². The summed E-state index contributed by atoms with van der Waals surface area (Å²) in [5.41, 5.74) is 7.26. The minimum absolute atomic E-state index is 0.0555. The number of carbonyl (C=O) groups is 2. The first-order valence-electron chi connectivity index (χ1n) is 16.0. The molecule has 1 heterocycles. The number of primary amides is 1. The highest BCUT2D eigenvalue weighted by Gasteiger charge is 2.28. The number of carbonyl (C=O) groups excluding carboxylic acids is 2. The van der Waals surface area contributed by atoms with E-state index in [4.69, 9.17) is 5.73 Å². The van der Waals surface area contributed by atoms with Gasteiger partial charge < -0.3 is 10.7 Å². The smallest absolute Gasteiger partial charge is 0.232 e. The molecule has 1 aromatic carbocycles. The molecule has 4 nitrogen and oxygen atoms in total. The summed E-state index contributed by atoms with van der Waals surface area (Å²) in [5.74, 6) is -1.46. The molecule has 1 aromatic heterocycles. The maximum atomic E-state index is 12.8. The Morgan fingerprint density at radius 2 is 1.08 bits per heavy atom. The summed E-state index contributed by atoms with van der Waals surface area (Å²) >= 11 is 0. The number of hydrogen-bond acceptors (Lipinski definition) is 2. The number of unbranched alkanes of at least 4 members (excludes halogenated alkanes) is 20. The zero-order valence-electron chi connectivity index (χ0n) is 24.4. The van der Waals surface area contributed by atoms with Gasteiger partial charge in [0.25, 0.3) is 0 Å². The molecule has 1 amide bonds. The number of nitrogens with one attached hydrogen (secondary N) is 1. The van der Waals surface area contributed by atoms with Gasteiger partial charge in [-0.15, -0.1) is 0 Å². The molecule has 0 aliphatic heterocycles. The lowest BCUT2D eigenvalue weighted by atomic mass is 9.90. The fourth-order valence-electron chi connectivity index (χ4n) is 5.69. The molecule has 0 saturated heterocycles. The number of nitrogens with two attached hydrogens (primary N) is 1. The highest BCUT2D eigenvalue weighted by atomic mass is 16.2. The van der Waals surface area contributed by atoms with Crippen LogP contribution in [-0.4, -0.2) is 16.7 Å². The number of amides is 1. The Labute approximate surface area is 232 Å². The number of ketones is 1. The van der Waals surface area contributed by atoms with Crippen molar-refractivity contribution < 1.29 is 9.59 Å². The fraction of sp³-hybridized carbons (Fsp3) is 0.706. The lowest BCUT2D eigenvalue weighted by Gasteiger charge is -2.12. The maximum absolute atomic E-state index is 12.8. The van der Waals surface area contributed by atoms with Gasteiger partial charge in [-0.3, -0.25) is 9.59 Å². The molecule has 0 aliphatic carbocycles. The van der Waals surface area contributed by atoms with Crippen LogP contribution in [0.4, 0.5) is 0 Å². The van der Waals surface area contributed by atoms with Gasteiger partial charge in [-0.1, -0.05) is 154 Å². The number of fused-ring (bicyclic) bond motifs is 1. The van der Waals surface area contributed by atoms with Gasteiger partial charge in [0.05, 0.1) is 0 Å². The predicted octanol–water partition coefficient (Wildman–Crippen LogP) is 9.91. The molecule has 1 unspecified atom stereocenters. The second-order valence-corrected chi connectivity index (χ2v) is 11.4. The van der Waals surface area contributed by atoms with E-state index in [2.05, 4.69) is 11.9 Å². The standard InChI is InChI=1S/C34H56N2O2/c1-2-3-4-5-6-7-8-9-10-11-12-13-14-15-16-17-18-19-20-21-22-27-32(37)33(34(35)38)30-28-36-31-26-24-23-25-29(30)31/h23-26,28,33,36H,2-22,27H2,1H3,(H2,35,38). The van der Waals surface area contributed by atoms with Gasteiger partial charge in [-0.2, -0.15) is 0 Å². The molecule has 214 valence electrons. The first-order valence-corrected chi connectivity index (χ1v) is 16.0. The average Bonchev–Trinajstić information content (AvgIpc) is 3.33. The molecule has 2 aromatic rings. The molecule has 2 rings (SSSR count). The largest absolute Gasteiger partial charge is 0.369 e. The van der Waals surface area contributed by atoms with Crippen molar-refractivity contribution >= 4 is 22.6 Å². The monoisotopic (exact) mass is 524 g/mol. The van der Waals surface area contributed by atoms with Gasteiger partial charge >= 0.3 is 0 Å². The first kappa shape index (κ1) is 32.1. The van der Waals surface area contributed by atoms with E-state index in [0.717, 1.165) is 23.7 Å². The van der Waals surface area contributed by atoms with Crippen LogP contribution < -0.4 is 5.73 Å². The lowest BCUT2D eigenvalue weighted by Crippen LogP contribution is -2.28. The van der Waals surface area contributed by atoms with Crippen LogP contribution in [0, 0.1) is 0 Å². The Kier molecular flexibility index (Phi) is 17.6. The topological polar surface area (TPSA) is 76.0 Å². The molecule has 1 atom stereocenters. The summed E-state index contributed by atoms with van der Waals surface area (Å²) < 4.78 is 0. The van der Waals surface area contributed by atoms with Crippen molar-refractivity contribution in [1.82, 2.24) is 4.98 Å². The van der Waals surface area contributed by atoms with Gasteiger partial charge in [-0.05, 0) is 18.1 Å². The first-order chi connectivity index (χ1) is 18.6. The summed E-state index contributed by atoms with van der Waals surface area (Å²) in [6, 6.07) is 7.73. The number of Topliss-reactive ketones (excluding diaryl/α,β-unsaturated/α-hetero) is 1. The van der Waals surface area contributed by atoms with E-state index in [9.17, 15) is 9.59 Å². The zero-order valence-corrected chi connectivity index (χ0v) is 24.4. The molecule has 3 N–H and O–H groups in total. The van der Waals surface area contributed by atoms with Crippen molar-refractivity contribution in [1.29, 1.82) is 0 Å². The van der Waals surface area contributed by atoms with E-state index in [0.29, 0.717) is 12.0 Å². The Morgan fingerprint density at radius 3 is 1.53 bits per heavy atom. The molecular formula is C34H56N2O2. The summed E-state index contributed by atoms with van der Waals surface area (Å²) in [7, 11) is 0. The number of rotatable bonds is 25. The highest BCUT2D eigenvalue weighted by Crippen LogP contribution is 2.27. The van der Waals surface area contributed by atoms with Gasteiger partial charge in [0.1, 0.15) is 11.7 Å². The summed E-state index contributed by atoms with van der Waals surface area (Å²) in [4.78, 5) is 28.1. The van der Waals surface area contributed by atoms with Gasteiger partial charge in [-0.25, -0.2) is 0 Å². The lowest BCUT2D eigenvalue weighted by molar-refractivity contribution is -0.128. The molecule has 0 bridgehead atoms. The molecule has 0 aliphatic rings. The van der Waals surface area contributed by atoms with Gasteiger partial charge in [0.2, 0.25) is 5.91 Å². The molecule has 0 fully saturated rings. The van der Waals surface area contributed by atoms with Crippen LogP contribution >= 0.6 is 0 Å². The summed E-state index contributed by atoms with van der Waals surface area (Å²) in [6.07, 6.45) is 30.4. The molecule has 4 heteroatoms. The molecular weight excluding hydrogens is 468 g/mol. The Balaban J connectivity index is 1.38. The van der Waals surface area contributed by atoms with Crippen LogP contribution in [-0.2, 0) is 9.59 Å². The number of aromatic amines is 1. The number of aromatic nitrogens is 1. The van der Waals surface area contributed by atoms with Crippen molar-refractivity contribution in [2.75, 3.05) is 0 Å². The SMILES string of the molecule is CCCCCCCCCCCCCCCCCCCCCCCC(=O)C(C(N)=O)c1c[nH]c2ccccc12. The minimum atomic E-state index is -0.851. The predicted molar refractivity (Wildman–Crippen MR) is 162 cm³/mol. The van der Waals surface area contributed by atoms with Gasteiger partial charge in [0.15, 0.2) is 0 Å². The number of hydrogen-bond donors (Lipinski definition) is 2. The second-order valence-electron chi connectivity index (χ2n) is 11.4. The van der Waals surface area contributed by atoms with Crippen molar-refractivity contribution in [2.24, 2.45) is 5.73 Å². The molecule has 0 radical (unpaired) electrons. The summed E-state index contributed by atoms with van der Waals surface area (Å²) in [5, 5.41) is 0.906. The second kappa shape index (κ2) is 20.8. The Hall–Kier alpha value is -2.10. The molecule has 38 heavy (non-hydrogen) atoms. The third-order valence-electron chi connectivity index (χ3n) is 8.07. The third kappa shape index (κ3) is 13.1. The van der Waals surface area contributed by atoms with Crippen LogP contribution in [0.3, 0.4) is 0 Å². The van der Waals surface area contributed by atoms with Crippen molar-refractivity contribution in [3.63, 3.8) is 0 Å². The van der Waals surface area contributed by atoms with E-state index in [-0.39, 0.29) is 5.78 Å². The molecule has 0 saturated carbocycles. The third-order valence-corrected chi connectivity index (χ3v) is 8.07. The maximum Gasteiger partial charge on any atom is 0.232 e. The van der Waals surface area contributed by atoms with E-state index in [1.165, 1.54) is 122 Å². The number of benzene rings is 1. The van der Waals surface area contributed by atoms with Crippen molar-refractivity contribution in [3.05, 3.63) is 36.0 Å². The zero-order chi connectivity index (χ0) is 27.3. The highest BCUT2D eigenvalue weighted by molar-refractivity contribution is 6.08. The Bertz CT molecular complexity index is 887. The number of para-hydroxylation sites is 1. The van der Waals surface area contributed by atoms with Crippen LogP contribution in [0.2, 0.25) is 0 Å². The van der Waals surface area contributed by atoms with Crippen LogP contribution in [0.1, 0.15) is 160 Å². The average molecular weight is 525 g/mol. The van der Waals surface area contributed by atoms with E-state index < -0.39 is 11.8 Å². The van der Waals surface area contributed by atoms with Crippen LogP contribution in [0.5, 0.6) is 0 Å². The quantitative estimate of drug-likeness (QED) is 0.100. The number of H-pyrrole nitrogens is 1.